The summed E-state index contributed by atoms with van der Waals surface area (Å²) in [5.41, 5.74) is 0. The summed E-state index contributed by atoms with van der Waals surface area (Å²) in [7, 11) is 0. The van der Waals surface area contributed by atoms with Crippen LogP contribution in [0.3, 0.4) is 0 Å². The monoisotopic (exact) mass is 246 g/mol. The molecule has 0 atom stereocenters. The first-order chi connectivity index (χ1) is 7.68. The first kappa shape index (κ1) is 11.6. The lowest BCUT2D eigenvalue weighted by Crippen LogP contribution is -2.36. The van der Waals surface area contributed by atoms with Crippen LogP contribution in [0.2, 0.25) is 5.02 Å². The molecule has 0 amide bonds. The van der Waals surface area contributed by atoms with Gasteiger partial charge in [0, 0.05) is 25.2 Å². The lowest BCUT2D eigenvalue weighted by atomic mass is 9.97. The van der Waals surface area contributed by atoms with Gasteiger partial charge in [-0.15, -0.1) is 0 Å². The van der Waals surface area contributed by atoms with E-state index in [0.29, 0.717) is 36.8 Å². The van der Waals surface area contributed by atoms with Crippen LogP contribution in [0, 0.1) is 5.92 Å². The highest BCUT2D eigenvalue weighted by Gasteiger charge is 2.27. The predicted octanol–water partition coefficient (Wildman–Crippen LogP) is 3.22. The number of halogens is 3. The first-order valence-corrected chi connectivity index (χ1v) is 5.70. The second-order valence-electron chi connectivity index (χ2n) is 3.97. The van der Waals surface area contributed by atoms with Crippen LogP contribution in [0.25, 0.3) is 0 Å². The van der Waals surface area contributed by atoms with Gasteiger partial charge in [-0.05, 0) is 25.0 Å². The molecule has 2 nitrogen and oxygen atoms in total. The van der Waals surface area contributed by atoms with E-state index >= 15 is 0 Å². The summed E-state index contributed by atoms with van der Waals surface area (Å²) in [5.74, 6) is 0.232. The van der Waals surface area contributed by atoms with E-state index in [0.717, 1.165) is 0 Å². The van der Waals surface area contributed by atoms with Crippen molar-refractivity contribution in [2.45, 2.75) is 19.3 Å². The second kappa shape index (κ2) is 4.95. The van der Waals surface area contributed by atoms with Gasteiger partial charge in [0.2, 0.25) is 6.43 Å². The Balaban J connectivity index is 2.02. The molecule has 1 saturated heterocycles. The Bertz CT molecular complexity index is 352. The SMILES string of the molecule is FC(F)C1CCN(c2ncccc2Cl)CC1. The minimum Gasteiger partial charge on any atom is -0.355 e. The van der Waals surface area contributed by atoms with E-state index < -0.39 is 12.3 Å². The number of pyridine rings is 1. The molecule has 0 spiro atoms. The molecule has 1 aromatic heterocycles. The second-order valence-corrected chi connectivity index (χ2v) is 4.37. The molecule has 2 heterocycles. The van der Waals surface area contributed by atoms with E-state index in [2.05, 4.69) is 4.98 Å². The predicted molar refractivity (Wildman–Crippen MR) is 60.2 cm³/mol. The summed E-state index contributed by atoms with van der Waals surface area (Å²) in [4.78, 5) is 6.15. The summed E-state index contributed by atoms with van der Waals surface area (Å²) in [6, 6.07) is 3.53. The third-order valence-corrected chi connectivity index (χ3v) is 3.23. The Hall–Kier alpha value is -0.900. The lowest BCUT2D eigenvalue weighted by molar-refractivity contribution is 0.0635. The third kappa shape index (κ3) is 2.43. The number of anilines is 1. The Morgan fingerprint density at radius 2 is 2.06 bits per heavy atom. The lowest BCUT2D eigenvalue weighted by Gasteiger charge is -2.32. The zero-order valence-electron chi connectivity index (χ0n) is 8.74. The average Bonchev–Trinajstić information content (AvgIpc) is 2.30. The number of rotatable bonds is 2. The molecule has 5 heteroatoms. The fourth-order valence-corrected chi connectivity index (χ4v) is 2.21. The highest BCUT2D eigenvalue weighted by Crippen LogP contribution is 2.29. The average molecular weight is 247 g/mol. The number of hydrogen-bond acceptors (Lipinski definition) is 2. The van der Waals surface area contributed by atoms with E-state index in [4.69, 9.17) is 11.6 Å². The summed E-state index contributed by atoms with van der Waals surface area (Å²) in [6.45, 7) is 1.21. The van der Waals surface area contributed by atoms with Crippen molar-refractivity contribution in [3.05, 3.63) is 23.4 Å². The van der Waals surface area contributed by atoms with Gasteiger partial charge in [-0.3, -0.25) is 0 Å². The van der Waals surface area contributed by atoms with E-state index in [-0.39, 0.29) is 0 Å². The van der Waals surface area contributed by atoms with Crippen molar-refractivity contribution >= 4 is 17.4 Å². The van der Waals surface area contributed by atoms with Crippen molar-refractivity contribution in [1.29, 1.82) is 0 Å². The minimum absolute atomic E-state index is 0.473. The van der Waals surface area contributed by atoms with Crippen molar-refractivity contribution in [2.24, 2.45) is 5.92 Å². The maximum atomic E-state index is 12.5. The van der Waals surface area contributed by atoms with Crippen LogP contribution in [-0.4, -0.2) is 24.5 Å². The molecule has 0 aliphatic carbocycles. The van der Waals surface area contributed by atoms with Gasteiger partial charge in [0.15, 0.2) is 0 Å². The van der Waals surface area contributed by atoms with Crippen molar-refractivity contribution in [3.8, 4) is 0 Å². The Morgan fingerprint density at radius 1 is 1.38 bits per heavy atom. The molecular formula is C11H13ClF2N2. The summed E-state index contributed by atoms with van der Waals surface area (Å²) < 4.78 is 24.9. The van der Waals surface area contributed by atoms with Gasteiger partial charge in [-0.25, -0.2) is 13.8 Å². The normalized spacial score (nSPS) is 18.1. The van der Waals surface area contributed by atoms with Crippen LogP contribution in [-0.2, 0) is 0 Å². The maximum absolute atomic E-state index is 12.5. The fraction of sp³-hybridized carbons (Fsp3) is 0.545. The highest BCUT2D eigenvalue weighted by atomic mass is 35.5. The van der Waals surface area contributed by atoms with E-state index in [1.807, 2.05) is 4.90 Å². The van der Waals surface area contributed by atoms with Crippen molar-refractivity contribution < 1.29 is 8.78 Å². The quantitative estimate of drug-likeness (QED) is 0.797. The number of alkyl halides is 2. The minimum atomic E-state index is -2.21. The summed E-state index contributed by atoms with van der Waals surface area (Å²) in [6.07, 6.45) is 0.469. The number of nitrogens with zero attached hydrogens (tertiary/aromatic N) is 2. The van der Waals surface area contributed by atoms with Crippen molar-refractivity contribution in [3.63, 3.8) is 0 Å². The third-order valence-electron chi connectivity index (χ3n) is 2.93. The maximum Gasteiger partial charge on any atom is 0.241 e. The van der Waals surface area contributed by atoms with Gasteiger partial charge in [0.25, 0.3) is 0 Å². The molecule has 88 valence electrons. The molecule has 16 heavy (non-hydrogen) atoms. The molecule has 0 N–H and O–H groups in total. The molecule has 0 radical (unpaired) electrons. The van der Waals surface area contributed by atoms with E-state index in [9.17, 15) is 8.78 Å². The molecule has 1 aliphatic heterocycles. The van der Waals surface area contributed by atoms with Gasteiger partial charge in [-0.2, -0.15) is 0 Å². The van der Waals surface area contributed by atoms with Crippen LogP contribution in [0.15, 0.2) is 18.3 Å². The molecule has 0 unspecified atom stereocenters. The zero-order chi connectivity index (χ0) is 11.5. The molecule has 1 fully saturated rings. The topological polar surface area (TPSA) is 16.1 Å². The van der Waals surface area contributed by atoms with Gasteiger partial charge < -0.3 is 4.90 Å². The number of piperidine rings is 1. The molecule has 1 aliphatic rings. The summed E-state index contributed by atoms with van der Waals surface area (Å²) in [5, 5.41) is 0.581. The van der Waals surface area contributed by atoms with Gasteiger partial charge >= 0.3 is 0 Å². The molecule has 2 rings (SSSR count). The molecule has 0 aromatic carbocycles. The first-order valence-electron chi connectivity index (χ1n) is 5.32. The van der Waals surface area contributed by atoms with E-state index in [1.165, 1.54) is 0 Å². The standard InChI is InChI=1S/C11H13ClF2N2/c12-9-2-1-5-15-11(9)16-6-3-8(4-7-16)10(13)14/h1-2,5,8,10H,3-4,6-7H2. The van der Waals surface area contributed by atoms with Crippen molar-refractivity contribution in [1.82, 2.24) is 4.98 Å². The van der Waals surface area contributed by atoms with Crippen LogP contribution in [0.4, 0.5) is 14.6 Å². The van der Waals surface area contributed by atoms with Crippen LogP contribution in [0.1, 0.15) is 12.8 Å². The van der Waals surface area contributed by atoms with E-state index in [1.54, 1.807) is 18.3 Å². The smallest absolute Gasteiger partial charge is 0.241 e. The number of hydrogen-bond donors (Lipinski definition) is 0. The highest BCUT2D eigenvalue weighted by molar-refractivity contribution is 6.32. The van der Waals surface area contributed by atoms with Crippen LogP contribution in [0.5, 0.6) is 0 Å². The van der Waals surface area contributed by atoms with Gasteiger partial charge in [-0.1, -0.05) is 11.6 Å². The Labute approximate surface area is 98.2 Å². The molecular weight excluding hydrogens is 234 g/mol. The van der Waals surface area contributed by atoms with Crippen molar-refractivity contribution in [2.75, 3.05) is 18.0 Å². The van der Waals surface area contributed by atoms with Gasteiger partial charge in [0.05, 0.1) is 5.02 Å². The number of aromatic nitrogens is 1. The summed E-state index contributed by atoms with van der Waals surface area (Å²) >= 11 is 6.00. The molecule has 1 aromatic rings. The van der Waals surface area contributed by atoms with Gasteiger partial charge in [0.1, 0.15) is 5.82 Å². The van der Waals surface area contributed by atoms with Crippen LogP contribution < -0.4 is 4.90 Å². The fourth-order valence-electron chi connectivity index (χ4n) is 1.97. The van der Waals surface area contributed by atoms with Crippen LogP contribution >= 0.6 is 11.6 Å². The molecule has 0 bridgehead atoms. The Morgan fingerprint density at radius 3 is 2.62 bits per heavy atom. The molecule has 0 saturated carbocycles. The zero-order valence-corrected chi connectivity index (χ0v) is 9.50. The Kier molecular flexibility index (Phi) is 3.59. The largest absolute Gasteiger partial charge is 0.355 e.